The lowest BCUT2D eigenvalue weighted by atomic mass is 10.2. The van der Waals surface area contributed by atoms with Crippen molar-refractivity contribution in [2.24, 2.45) is 5.10 Å². The number of hydrogen-bond acceptors (Lipinski definition) is 6. The van der Waals surface area contributed by atoms with Crippen molar-refractivity contribution < 1.29 is 22.7 Å². The molecule has 0 fully saturated rings. The maximum absolute atomic E-state index is 13.3. The molecule has 0 heterocycles. The standard InChI is InChI=1S/C25H26ClN3O5S/c1-3-33-23-14-13-19(15-24(23)34-4-2)17-27-28-25(30)18-29(21-10-8-9-20(26)16-21)35(31,32)22-11-6-5-7-12-22/h5-17H,3-4,18H2,1-2H3,(H,28,30)/b27-17-. The van der Waals surface area contributed by atoms with Gasteiger partial charge >= 0.3 is 0 Å². The van der Waals surface area contributed by atoms with Gasteiger partial charge in [0, 0.05) is 5.02 Å². The number of nitrogens with one attached hydrogen (secondary N) is 1. The van der Waals surface area contributed by atoms with Crippen LogP contribution in [0.1, 0.15) is 19.4 Å². The Balaban J connectivity index is 1.78. The van der Waals surface area contributed by atoms with Gasteiger partial charge in [-0.2, -0.15) is 5.10 Å². The molecule has 0 radical (unpaired) electrons. The quantitative estimate of drug-likeness (QED) is 0.300. The molecule has 0 bridgehead atoms. The van der Waals surface area contributed by atoms with Crippen LogP contribution in [-0.2, 0) is 14.8 Å². The fraction of sp³-hybridized carbons (Fsp3) is 0.200. The lowest BCUT2D eigenvalue weighted by Crippen LogP contribution is -2.39. The highest BCUT2D eigenvalue weighted by Gasteiger charge is 2.27. The molecule has 35 heavy (non-hydrogen) atoms. The Morgan fingerprint density at radius 3 is 2.37 bits per heavy atom. The number of nitrogens with zero attached hydrogens (tertiary/aromatic N) is 2. The average Bonchev–Trinajstić information content (AvgIpc) is 2.85. The van der Waals surface area contributed by atoms with E-state index in [-0.39, 0.29) is 10.6 Å². The summed E-state index contributed by atoms with van der Waals surface area (Å²) in [4.78, 5) is 12.7. The van der Waals surface area contributed by atoms with Crippen LogP contribution in [0.25, 0.3) is 0 Å². The molecule has 0 unspecified atom stereocenters. The molecule has 3 rings (SSSR count). The molecule has 10 heteroatoms. The zero-order valence-electron chi connectivity index (χ0n) is 19.3. The van der Waals surface area contributed by atoms with E-state index in [1.54, 1.807) is 54.6 Å². The molecule has 0 saturated carbocycles. The summed E-state index contributed by atoms with van der Waals surface area (Å²) in [6, 6.07) is 19.4. The van der Waals surface area contributed by atoms with Crippen molar-refractivity contribution in [2.45, 2.75) is 18.7 Å². The third-order valence-corrected chi connectivity index (χ3v) is 6.71. The third kappa shape index (κ3) is 6.97. The number of rotatable bonds is 11. The van der Waals surface area contributed by atoms with E-state index in [2.05, 4.69) is 10.5 Å². The number of benzene rings is 3. The summed E-state index contributed by atoms with van der Waals surface area (Å²) in [6.07, 6.45) is 1.44. The van der Waals surface area contributed by atoms with E-state index < -0.39 is 22.5 Å². The van der Waals surface area contributed by atoms with Crippen molar-refractivity contribution in [1.29, 1.82) is 0 Å². The molecular formula is C25H26ClN3O5S. The SMILES string of the molecule is CCOc1ccc(/C=N\NC(=O)CN(c2cccc(Cl)c2)S(=O)(=O)c2ccccc2)cc1OCC. The van der Waals surface area contributed by atoms with Gasteiger partial charge in [-0.1, -0.05) is 35.9 Å². The molecule has 0 aliphatic heterocycles. The number of halogens is 1. The first-order valence-electron chi connectivity index (χ1n) is 10.9. The predicted octanol–water partition coefficient (Wildman–Crippen LogP) is 4.48. The maximum Gasteiger partial charge on any atom is 0.264 e. The van der Waals surface area contributed by atoms with Crippen LogP contribution < -0.4 is 19.2 Å². The van der Waals surface area contributed by atoms with Crippen molar-refractivity contribution >= 4 is 39.4 Å². The van der Waals surface area contributed by atoms with Crippen LogP contribution in [0.5, 0.6) is 11.5 Å². The van der Waals surface area contributed by atoms with Gasteiger partial charge in [0.15, 0.2) is 11.5 Å². The summed E-state index contributed by atoms with van der Waals surface area (Å²) < 4.78 is 38.7. The summed E-state index contributed by atoms with van der Waals surface area (Å²) in [5.41, 5.74) is 3.31. The van der Waals surface area contributed by atoms with E-state index in [1.807, 2.05) is 13.8 Å². The lowest BCUT2D eigenvalue weighted by molar-refractivity contribution is -0.119. The summed E-state index contributed by atoms with van der Waals surface area (Å²) in [7, 11) is -4.03. The minimum absolute atomic E-state index is 0.0501. The second-order valence-electron chi connectivity index (χ2n) is 7.17. The highest BCUT2D eigenvalue weighted by Crippen LogP contribution is 2.28. The maximum atomic E-state index is 13.3. The second kappa shape index (κ2) is 12.2. The van der Waals surface area contributed by atoms with Crippen LogP contribution in [-0.4, -0.2) is 40.3 Å². The fourth-order valence-corrected chi connectivity index (χ4v) is 4.78. The summed E-state index contributed by atoms with van der Waals surface area (Å²) >= 11 is 6.07. The summed E-state index contributed by atoms with van der Waals surface area (Å²) in [6.45, 7) is 4.21. The Labute approximate surface area is 210 Å². The van der Waals surface area contributed by atoms with Gasteiger partial charge in [0.1, 0.15) is 6.54 Å². The molecule has 8 nitrogen and oxygen atoms in total. The molecule has 1 N–H and O–H groups in total. The Bertz CT molecular complexity index is 1280. The Kier molecular flexibility index (Phi) is 9.11. The normalized spacial score (nSPS) is 11.3. The highest BCUT2D eigenvalue weighted by atomic mass is 35.5. The average molecular weight is 516 g/mol. The Morgan fingerprint density at radius 1 is 0.971 bits per heavy atom. The largest absolute Gasteiger partial charge is 0.490 e. The van der Waals surface area contributed by atoms with Gasteiger partial charge in [-0.3, -0.25) is 9.10 Å². The van der Waals surface area contributed by atoms with Crippen LogP contribution in [0.15, 0.2) is 82.8 Å². The number of ether oxygens (including phenoxy) is 2. The monoisotopic (exact) mass is 515 g/mol. The molecule has 0 aliphatic carbocycles. The Morgan fingerprint density at radius 2 is 1.69 bits per heavy atom. The highest BCUT2D eigenvalue weighted by molar-refractivity contribution is 7.92. The molecule has 0 aromatic heterocycles. The zero-order chi connectivity index (χ0) is 25.3. The number of hydrazone groups is 1. The van der Waals surface area contributed by atoms with Gasteiger partial charge in [-0.25, -0.2) is 13.8 Å². The van der Waals surface area contributed by atoms with Gasteiger partial charge in [0.25, 0.3) is 15.9 Å². The molecule has 184 valence electrons. The van der Waals surface area contributed by atoms with Gasteiger partial charge in [-0.15, -0.1) is 0 Å². The van der Waals surface area contributed by atoms with Crippen LogP contribution in [0, 0.1) is 0 Å². The van der Waals surface area contributed by atoms with Gasteiger partial charge in [-0.05, 0) is 67.9 Å². The number of carbonyl (C=O) groups excluding carboxylic acids is 1. The first-order valence-corrected chi connectivity index (χ1v) is 12.7. The predicted molar refractivity (Wildman–Crippen MR) is 137 cm³/mol. The molecular weight excluding hydrogens is 490 g/mol. The smallest absolute Gasteiger partial charge is 0.264 e. The number of anilines is 1. The lowest BCUT2D eigenvalue weighted by Gasteiger charge is -2.23. The molecule has 0 atom stereocenters. The number of sulfonamides is 1. The molecule has 0 spiro atoms. The van der Waals surface area contributed by atoms with E-state index >= 15 is 0 Å². The molecule has 3 aromatic carbocycles. The van der Waals surface area contributed by atoms with Crippen molar-refractivity contribution in [3.8, 4) is 11.5 Å². The molecule has 0 aliphatic rings. The van der Waals surface area contributed by atoms with E-state index in [9.17, 15) is 13.2 Å². The van der Waals surface area contributed by atoms with Crippen LogP contribution in [0.4, 0.5) is 5.69 Å². The minimum atomic E-state index is -4.03. The van der Waals surface area contributed by atoms with Crippen LogP contribution >= 0.6 is 11.6 Å². The Hall–Kier alpha value is -3.56. The third-order valence-electron chi connectivity index (χ3n) is 4.68. The van der Waals surface area contributed by atoms with Crippen LogP contribution in [0.3, 0.4) is 0 Å². The second-order valence-corrected chi connectivity index (χ2v) is 9.47. The number of amides is 1. The van der Waals surface area contributed by atoms with Gasteiger partial charge in [0.05, 0.1) is 30.0 Å². The van der Waals surface area contributed by atoms with E-state index in [0.29, 0.717) is 35.3 Å². The fourth-order valence-electron chi connectivity index (χ4n) is 3.16. The van der Waals surface area contributed by atoms with E-state index in [4.69, 9.17) is 21.1 Å². The van der Waals surface area contributed by atoms with Gasteiger partial charge < -0.3 is 9.47 Å². The van der Waals surface area contributed by atoms with Crippen LogP contribution in [0.2, 0.25) is 5.02 Å². The minimum Gasteiger partial charge on any atom is -0.490 e. The summed E-state index contributed by atoms with van der Waals surface area (Å²) in [5, 5.41) is 4.31. The van der Waals surface area contributed by atoms with Crippen molar-refractivity contribution in [3.63, 3.8) is 0 Å². The number of carbonyl (C=O) groups is 1. The van der Waals surface area contributed by atoms with Crippen molar-refractivity contribution in [2.75, 3.05) is 24.1 Å². The van der Waals surface area contributed by atoms with Gasteiger partial charge in [0.2, 0.25) is 0 Å². The van der Waals surface area contributed by atoms with Crippen molar-refractivity contribution in [1.82, 2.24) is 5.43 Å². The molecule has 1 amide bonds. The zero-order valence-corrected chi connectivity index (χ0v) is 20.9. The molecule has 3 aromatic rings. The van der Waals surface area contributed by atoms with E-state index in [0.717, 1.165) is 4.31 Å². The molecule has 0 saturated heterocycles. The van der Waals surface area contributed by atoms with E-state index in [1.165, 1.54) is 24.4 Å². The number of hydrogen-bond donors (Lipinski definition) is 1. The first kappa shape index (κ1) is 26.1. The van der Waals surface area contributed by atoms with Crippen molar-refractivity contribution in [3.05, 3.63) is 83.4 Å². The summed E-state index contributed by atoms with van der Waals surface area (Å²) in [5.74, 6) is 0.543. The topological polar surface area (TPSA) is 97.3 Å². The first-order chi connectivity index (χ1) is 16.8.